The minimum Gasteiger partial charge on any atom is -0.490 e. The zero-order valence-electron chi connectivity index (χ0n) is 28.8. The van der Waals surface area contributed by atoms with Crippen molar-refractivity contribution in [2.24, 2.45) is 35.5 Å². The smallest absolute Gasteiger partial charge is 0.373 e. The van der Waals surface area contributed by atoms with Crippen LogP contribution in [-0.2, 0) is 23.7 Å². The molecule has 2 aliphatic heterocycles. The Labute approximate surface area is 265 Å². The predicted octanol–water partition coefficient (Wildman–Crippen LogP) is 4.92. The molecule has 0 saturated carbocycles. The summed E-state index contributed by atoms with van der Waals surface area (Å²) in [5, 5.41) is 45.1. The van der Waals surface area contributed by atoms with Crippen LogP contribution in [0.15, 0.2) is 35.1 Å². The van der Waals surface area contributed by atoms with Gasteiger partial charge in [0.1, 0.15) is 6.10 Å². The van der Waals surface area contributed by atoms with Crippen molar-refractivity contribution in [1.82, 2.24) is 0 Å². The monoisotopic (exact) mass is 624 g/mol. The number of aliphatic hydroxyl groups is 4. The van der Waals surface area contributed by atoms with Crippen LogP contribution in [-0.4, -0.2) is 83.0 Å². The van der Waals surface area contributed by atoms with Gasteiger partial charge < -0.3 is 39.4 Å². The van der Waals surface area contributed by atoms with E-state index in [0.29, 0.717) is 12.8 Å². The Morgan fingerprint density at radius 1 is 1.05 bits per heavy atom. The van der Waals surface area contributed by atoms with Gasteiger partial charge in [-0.15, -0.1) is 0 Å². The van der Waals surface area contributed by atoms with Gasteiger partial charge in [-0.05, 0) is 51.0 Å². The Morgan fingerprint density at radius 3 is 2.25 bits per heavy atom. The van der Waals surface area contributed by atoms with Crippen LogP contribution in [0.3, 0.4) is 0 Å². The summed E-state index contributed by atoms with van der Waals surface area (Å²) in [6.45, 7) is 17.2. The number of hydrogen-bond donors (Lipinski definition) is 4. The molecule has 2 aliphatic rings. The second-order valence-electron chi connectivity index (χ2n) is 13.9. The van der Waals surface area contributed by atoms with Gasteiger partial charge in [-0.2, -0.15) is 0 Å². The van der Waals surface area contributed by atoms with E-state index in [1.54, 1.807) is 27.0 Å². The first-order chi connectivity index (χ1) is 20.5. The second-order valence-corrected chi connectivity index (χ2v) is 13.9. The van der Waals surface area contributed by atoms with Crippen LogP contribution in [0.2, 0.25) is 0 Å². The summed E-state index contributed by atoms with van der Waals surface area (Å²) in [6, 6.07) is 0. The third-order valence-corrected chi connectivity index (χ3v) is 9.83. The summed E-state index contributed by atoms with van der Waals surface area (Å²) in [5.41, 5.74) is 1.88. The Balaban J connectivity index is 2.48. The highest BCUT2D eigenvalue weighted by Gasteiger charge is 2.51. The summed E-state index contributed by atoms with van der Waals surface area (Å²) in [4.78, 5) is 13.5. The van der Waals surface area contributed by atoms with Gasteiger partial charge in [0, 0.05) is 37.2 Å². The van der Waals surface area contributed by atoms with Crippen LogP contribution in [0.5, 0.6) is 0 Å². The lowest BCUT2D eigenvalue weighted by Crippen LogP contribution is -2.59. The Bertz CT molecular complexity index is 1020. The van der Waals surface area contributed by atoms with E-state index in [0.717, 1.165) is 17.6 Å². The maximum absolute atomic E-state index is 13.5. The quantitative estimate of drug-likeness (QED) is 0.230. The summed E-state index contributed by atoms with van der Waals surface area (Å²) >= 11 is 0. The van der Waals surface area contributed by atoms with Crippen molar-refractivity contribution in [3.63, 3.8) is 0 Å². The average Bonchev–Trinajstić information content (AvgIpc) is 2.96. The maximum atomic E-state index is 13.5. The van der Waals surface area contributed by atoms with Gasteiger partial charge in [0.05, 0.1) is 37.6 Å². The Kier molecular flexibility index (Phi) is 14.6. The molecule has 1 saturated heterocycles. The number of esters is 1. The normalized spacial score (nSPS) is 40.8. The fourth-order valence-corrected chi connectivity index (χ4v) is 6.86. The zero-order valence-corrected chi connectivity index (χ0v) is 28.8. The summed E-state index contributed by atoms with van der Waals surface area (Å²) in [6.07, 6.45) is 3.03. The average molecular weight is 625 g/mol. The minimum absolute atomic E-state index is 0.0166. The van der Waals surface area contributed by atoms with Gasteiger partial charge in [-0.3, -0.25) is 0 Å². The lowest BCUT2D eigenvalue weighted by molar-refractivity contribution is -0.328. The van der Waals surface area contributed by atoms with Crippen LogP contribution in [0.4, 0.5) is 0 Å². The molecule has 0 unspecified atom stereocenters. The van der Waals surface area contributed by atoms with Crippen molar-refractivity contribution in [2.75, 3.05) is 14.2 Å². The lowest BCUT2D eigenvalue weighted by atomic mass is 9.76. The Hall–Kier alpha value is -1.75. The summed E-state index contributed by atoms with van der Waals surface area (Å²) < 4.78 is 23.6. The molecule has 0 bridgehead atoms. The van der Waals surface area contributed by atoms with Gasteiger partial charge in [0.25, 0.3) is 0 Å². The second kappa shape index (κ2) is 16.7. The molecule has 2 heterocycles. The number of carbonyl (C=O) groups excluding carboxylic acids is 1. The molecule has 0 spiro atoms. The van der Waals surface area contributed by atoms with Gasteiger partial charge in [0.2, 0.25) is 5.76 Å². The zero-order chi connectivity index (χ0) is 33.5. The minimum atomic E-state index is -1.78. The number of cyclic esters (lactones) is 1. The van der Waals surface area contributed by atoms with Gasteiger partial charge in [-0.1, -0.05) is 71.8 Å². The number of ether oxygens (including phenoxy) is 4. The third-order valence-electron chi connectivity index (χ3n) is 9.83. The molecule has 0 aliphatic carbocycles. The van der Waals surface area contributed by atoms with Crippen LogP contribution < -0.4 is 0 Å². The first-order valence-electron chi connectivity index (χ1n) is 16.2. The first kappa shape index (κ1) is 38.4. The first-order valence-corrected chi connectivity index (χ1v) is 16.2. The molecule has 0 aromatic heterocycles. The molecular weight excluding hydrogens is 564 g/mol. The van der Waals surface area contributed by atoms with E-state index in [1.165, 1.54) is 7.11 Å². The molecule has 0 aromatic carbocycles. The van der Waals surface area contributed by atoms with E-state index in [9.17, 15) is 25.2 Å². The summed E-state index contributed by atoms with van der Waals surface area (Å²) in [5.74, 6) is -4.27. The fraction of sp³-hybridized carbons (Fsp3) is 0.800. The topological polar surface area (TPSA) is 135 Å². The number of hydrogen-bond acceptors (Lipinski definition) is 9. The SMILES string of the molecule is CO/C1=C\C(C)=C\[C@@H](C)[C@@H](O)[C@H](C)C/C(C)=C/CC[C@H](OC)[C@@H]([C@@H](C)[C@@H](O)[C@H](C)[C@@]2(O)C[C@@H](O)[C@H](C)[C@@H](C(C)C)O2)OC1=O. The highest BCUT2D eigenvalue weighted by Crippen LogP contribution is 2.41. The van der Waals surface area contributed by atoms with Gasteiger partial charge in [0.15, 0.2) is 5.79 Å². The van der Waals surface area contributed by atoms with Crippen LogP contribution in [0.25, 0.3) is 0 Å². The number of rotatable bonds is 7. The largest absolute Gasteiger partial charge is 0.490 e. The fourth-order valence-electron chi connectivity index (χ4n) is 6.86. The molecule has 9 nitrogen and oxygen atoms in total. The van der Waals surface area contributed by atoms with Crippen molar-refractivity contribution in [1.29, 1.82) is 0 Å². The van der Waals surface area contributed by atoms with Crippen LogP contribution in [0.1, 0.15) is 88.0 Å². The number of carbonyl (C=O) groups is 1. The third kappa shape index (κ3) is 9.63. The Morgan fingerprint density at radius 2 is 1.68 bits per heavy atom. The highest BCUT2D eigenvalue weighted by atomic mass is 16.6. The molecule has 0 amide bonds. The molecule has 2 rings (SSSR count). The van der Waals surface area contributed by atoms with Crippen molar-refractivity contribution >= 4 is 5.97 Å². The molecule has 44 heavy (non-hydrogen) atoms. The standard InChI is InChI=1S/C35H60O9/c1-19(2)32-24(7)27(36)18-35(40,44-32)26(9)31(38)25(8)33-28(41-10)14-12-13-20(3)15-22(5)30(37)23(6)16-21(4)17-29(42-11)34(39)43-33/h13,16-17,19,22-28,30-33,36-38,40H,12,14-15,18H2,1-11H3/b20-13+,21-16+,29-17-/t22-,23-,24+,25+,26+,27-,28+,30+,31-,32-,33-,35-/m1/s1. The number of aliphatic hydroxyl groups excluding tert-OH is 3. The van der Waals surface area contributed by atoms with Gasteiger partial charge >= 0.3 is 5.97 Å². The maximum Gasteiger partial charge on any atom is 0.373 e. The van der Waals surface area contributed by atoms with E-state index in [1.807, 2.05) is 54.5 Å². The number of allylic oxidation sites excluding steroid dienone is 4. The highest BCUT2D eigenvalue weighted by molar-refractivity contribution is 5.87. The number of methoxy groups -OCH3 is 2. The molecule has 254 valence electrons. The van der Waals surface area contributed by atoms with Gasteiger partial charge in [-0.25, -0.2) is 4.79 Å². The van der Waals surface area contributed by atoms with E-state index in [-0.39, 0.29) is 35.9 Å². The predicted molar refractivity (Wildman–Crippen MR) is 170 cm³/mol. The van der Waals surface area contributed by atoms with E-state index >= 15 is 0 Å². The summed E-state index contributed by atoms with van der Waals surface area (Å²) in [7, 11) is 2.94. The van der Waals surface area contributed by atoms with E-state index in [2.05, 4.69) is 6.08 Å². The van der Waals surface area contributed by atoms with Crippen molar-refractivity contribution < 1.29 is 44.2 Å². The van der Waals surface area contributed by atoms with Crippen LogP contribution >= 0.6 is 0 Å². The van der Waals surface area contributed by atoms with Crippen molar-refractivity contribution in [3.05, 3.63) is 35.1 Å². The van der Waals surface area contributed by atoms with E-state index in [4.69, 9.17) is 18.9 Å². The van der Waals surface area contributed by atoms with E-state index < -0.39 is 60.2 Å². The molecule has 9 heteroatoms. The lowest BCUT2D eigenvalue weighted by Gasteiger charge is -2.49. The molecular formula is C35H60O9. The molecule has 12 atom stereocenters. The molecule has 0 radical (unpaired) electrons. The van der Waals surface area contributed by atoms with Crippen molar-refractivity contribution in [3.8, 4) is 0 Å². The van der Waals surface area contributed by atoms with Crippen LogP contribution in [0, 0.1) is 35.5 Å². The molecule has 0 aromatic rings. The van der Waals surface area contributed by atoms with Crippen molar-refractivity contribution in [2.45, 2.75) is 130 Å². The molecule has 1 fully saturated rings. The molecule has 4 N–H and O–H groups in total.